The van der Waals surface area contributed by atoms with E-state index < -0.39 is 5.91 Å². The van der Waals surface area contributed by atoms with Gasteiger partial charge in [-0.3, -0.25) is 4.79 Å². The lowest BCUT2D eigenvalue weighted by molar-refractivity contribution is -0.123. The number of halogens is 1. The molecule has 0 aliphatic carbocycles. The smallest absolute Gasteiger partial charge is 0.277 e. The van der Waals surface area contributed by atoms with Gasteiger partial charge in [0.2, 0.25) is 0 Å². The zero-order valence-corrected chi connectivity index (χ0v) is 12.7. The molecule has 0 aliphatic heterocycles. The predicted octanol–water partition coefficient (Wildman–Crippen LogP) is 2.88. The summed E-state index contributed by atoms with van der Waals surface area (Å²) in [5, 5.41) is 13.9. The van der Waals surface area contributed by atoms with Crippen LogP contribution in [-0.2, 0) is 4.79 Å². The summed E-state index contributed by atoms with van der Waals surface area (Å²) in [7, 11) is 0. The van der Waals surface area contributed by atoms with Crippen molar-refractivity contribution >= 4 is 23.7 Å². The minimum atomic E-state index is -0.403. The molecule has 1 amide bonds. The maximum atomic E-state index is 11.6. The molecule has 0 aliphatic rings. The highest BCUT2D eigenvalue weighted by Gasteiger charge is 2.03. The van der Waals surface area contributed by atoms with Gasteiger partial charge in [0, 0.05) is 10.6 Å². The molecule has 2 aromatic rings. The third-order valence-electron chi connectivity index (χ3n) is 2.83. The Balaban J connectivity index is 1.83. The fourth-order valence-corrected chi connectivity index (χ4v) is 1.78. The standard InChI is InChI=1S/C16H15ClN2O3/c1-11-8-13(6-7-14(11)17)22-10-16(21)19-18-9-12-4-2-3-5-15(12)20/h2-9,20H,10H2,1H3,(H,19,21)/b18-9-. The molecule has 0 fully saturated rings. The first-order valence-corrected chi connectivity index (χ1v) is 6.93. The number of hydrazone groups is 1. The van der Waals surface area contributed by atoms with Crippen LogP contribution >= 0.6 is 11.6 Å². The van der Waals surface area contributed by atoms with Gasteiger partial charge in [0.15, 0.2) is 6.61 Å². The van der Waals surface area contributed by atoms with Crippen molar-refractivity contribution in [2.75, 3.05) is 6.61 Å². The molecule has 0 heterocycles. The Hall–Kier alpha value is -2.53. The van der Waals surface area contributed by atoms with Gasteiger partial charge in [-0.1, -0.05) is 23.7 Å². The second kappa shape index (κ2) is 7.47. The minimum absolute atomic E-state index is 0.0911. The first-order chi connectivity index (χ1) is 10.6. The van der Waals surface area contributed by atoms with E-state index in [0.717, 1.165) is 5.56 Å². The Labute approximate surface area is 133 Å². The molecular formula is C16H15ClN2O3. The topological polar surface area (TPSA) is 70.9 Å². The Bertz CT molecular complexity index is 702. The molecule has 0 spiro atoms. The fraction of sp³-hybridized carbons (Fsp3) is 0.125. The summed E-state index contributed by atoms with van der Waals surface area (Å²) in [6.45, 7) is 1.69. The molecule has 114 valence electrons. The maximum Gasteiger partial charge on any atom is 0.277 e. The highest BCUT2D eigenvalue weighted by molar-refractivity contribution is 6.31. The van der Waals surface area contributed by atoms with Gasteiger partial charge in [0.1, 0.15) is 11.5 Å². The summed E-state index contributed by atoms with van der Waals surface area (Å²) in [5.41, 5.74) is 3.71. The number of hydrogen-bond donors (Lipinski definition) is 2. The molecule has 0 saturated heterocycles. The van der Waals surface area contributed by atoms with E-state index in [-0.39, 0.29) is 12.4 Å². The first-order valence-electron chi connectivity index (χ1n) is 6.55. The number of carbonyl (C=O) groups is 1. The van der Waals surface area contributed by atoms with E-state index in [1.165, 1.54) is 12.3 Å². The Morgan fingerprint density at radius 2 is 2.14 bits per heavy atom. The molecule has 2 N–H and O–H groups in total. The van der Waals surface area contributed by atoms with E-state index in [4.69, 9.17) is 16.3 Å². The number of hydrogen-bond acceptors (Lipinski definition) is 4. The van der Waals surface area contributed by atoms with Crippen molar-refractivity contribution in [3.63, 3.8) is 0 Å². The fourth-order valence-electron chi connectivity index (χ4n) is 1.66. The molecule has 2 aromatic carbocycles. The number of aromatic hydroxyl groups is 1. The summed E-state index contributed by atoms with van der Waals surface area (Å²) in [6, 6.07) is 11.8. The first kappa shape index (κ1) is 15.9. The number of para-hydroxylation sites is 1. The number of nitrogens with zero attached hydrogens (tertiary/aromatic N) is 1. The van der Waals surface area contributed by atoms with Gasteiger partial charge in [0.25, 0.3) is 5.91 Å². The number of aryl methyl sites for hydroxylation is 1. The minimum Gasteiger partial charge on any atom is -0.507 e. The summed E-state index contributed by atoms with van der Waals surface area (Å²) in [5.74, 6) is 0.245. The number of phenols is 1. The molecule has 2 rings (SSSR count). The monoisotopic (exact) mass is 318 g/mol. The SMILES string of the molecule is Cc1cc(OCC(=O)N/N=C\c2ccccc2O)ccc1Cl. The van der Waals surface area contributed by atoms with Crippen LogP contribution in [0.1, 0.15) is 11.1 Å². The van der Waals surface area contributed by atoms with Gasteiger partial charge >= 0.3 is 0 Å². The predicted molar refractivity (Wildman–Crippen MR) is 85.5 cm³/mol. The largest absolute Gasteiger partial charge is 0.507 e. The van der Waals surface area contributed by atoms with Crippen molar-refractivity contribution < 1.29 is 14.6 Å². The molecule has 0 atom stereocenters. The molecule has 0 bridgehead atoms. The van der Waals surface area contributed by atoms with E-state index in [2.05, 4.69) is 10.5 Å². The summed E-state index contributed by atoms with van der Waals surface area (Å²) in [6.07, 6.45) is 1.36. The quantitative estimate of drug-likeness (QED) is 0.658. The van der Waals surface area contributed by atoms with E-state index >= 15 is 0 Å². The van der Waals surface area contributed by atoms with E-state index in [0.29, 0.717) is 16.3 Å². The van der Waals surface area contributed by atoms with Crippen LogP contribution in [0.15, 0.2) is 47.6 Å². The van der Waals surface area contributed by atoms with Crippen molar-refractivity contribution in [3.8, 4) is 11.5 Å². The van der Waals surface area contributed by atoms with Gasteiger partial charge in [-0.15, -0.1) is 0 Å². The Morgan fingerprint density at radius 3 is 2.86 bits per heavy atom. The molecular weight excluding hydrogens is 304 g/mol. The molecule has 0 unspecified atom stereocenters. The second-order valence-electron chi connectivity index (χ2n) is 4.55. The third kappa shape index (κ3) is 4.49. The number of carbonyl (C=O) groups excluding carboxylic acids is 1. The average molecular weight is 319 g/mol. The third-order valence-corrected chi connectivity index (χ3v) is 3.25. The summed E-state index contributed by atoms with van der Waals surface area (Å²) in [4.78, 5) is 11.6. The Morgan fingerprint density at radius 1 is 1.36 bits per heavy atom. The zero-order valence-electron chi connectivity index (χ0n) is 11.9. The number of ether oxygens (including phenoxy) is 1. The highest BCUT2D eigenvalue weighted by atomic mass is 35.5. The van der Waals surface area contributed by atoms with E-state index in [1.807, 2.05) is 6.92 Å². The maximum absolute atomic E-state index is 11.6. The summed E-state index contributed by atoms with van der Waals surface area (Å²) >= 11 is 5.91. The van der Waals surface area contributed by atoms with Crippen LogP contribution in [0.5, 0.6) is 11.5 Å². The Kier molecular flexibility index (Phi) is 5.38. The van der Waals surface area contributed by atoms with Gasteiger partial charge in [-0.05, 0) is 42.8 Å². The molecule has 0 saturated carbocycles. The van der Waals surface area contributed by atoms with Gasteiger partial charge in [0.05, 0.1) is 6.21 Å². The number of nitrogens with one attached hydrogen (secondary N) is 1. The van der Waals surface area contributed by atoms with Crippen LogP contribution in [0.4, 0.5) is 0 Å². The molecule has 0 aromatic heterocycles. The molecule has 0 radical (unpaired) electrons. The van der Waals surface area contributed by atoms with Crippen LogP contribution in [0, 0.1) is 6.92 Å². The number of amides is 1. The lowest BCUT2D eigenvalue weighted by atomic mass is 10.2. The molecule has 5 nitrogen and oxygen atoms in total. The van der Waals surface area contributed by atoms with Gasteiger partial charge < -0.3 is 9.84 Å². The highest BCUT2D eigenvalue weighted by Crippen LogP contribution is 2.20. The van der Waals surface area contributed by atoms with Crippen LogP contribution in [0.2, 0.25) is 5.02 Å². The zero-order chi connectivity index (χ0) is 15.9. The van der Waals surface area contributed by atoms with E-state index in [1.54, 1.807) is 36.4 Å². The lowest BCUT2D eigenvalue weighted by Gasteiger charge is -2.06. The average Bonchev–Trinajstić information content (AvgIpc) is 2.50. The number of benzene rings is 2. The van der Waals surface area contributed by atoms with Crippen molar-refractivity contribution in [1.82, 2.24) is 5.43 Å². The summed E-state index contributed by atoms with van der Waals surface area (Å²) < 4.78 is 5.34. The molecule has 22 heavy (non-hydrogen) atoms. The van der Waals surface area contributed by atoms with Crippen molar-refractivity contribution in [2.45, 2.75) is 6.92 Å². The number of phenolic OH excluding ortho intramolecular Hbond substituents is 1. The number of rotatable bonds is 5. The van der Waals surface area contributed by atoms with Crippen molar-refractivity contribution in [2.24, 2.45) is 5.10 Å². The van der Waals surface area contributed by atoms with Crippen LogP contribution < -0.4 is 10.2 Å². The lowest BCUT2D eigenvalue weighted by Crippen LogP contribution is -2.24. The van der Waals surface area contributed by atoms with Crippen LogP contribution in [0.25, 0.3) is 0 Å². The van der Waals surface area contributed by atoms with Crippen molar-refractivity contribution in [3.05, 3.63) is 58.6 Å². The van der Waals surface area contributed by atoms with Gasteiger partial charge in [-0.2, -0.15) is 5.10 Å². The van der Waals surface area contributed by atoms with E-state index in [9.17, 15) is 9.90 Å². The normalized spacial score (nSPS) is 10.6. The second-order valence-corrected chi connectivity index (χ2v) is 4.96. The van der Waals surface area contributed by atoms with Gasteiger partial charge in [-0.25, -0.2) is 5.43 Å². The van der Waals surface area contributed by atoms with Crippen molar-refractivity contribution in [1.29, 1.82) is 0 Å². The van der Waals surface area contributed by atoms with Crippen LogP contribution in [-0.4, -0.2) is 23.8 Å². The van der Waals surface area contributed by atoms with Crippen LogP contribution in [0.3, 0.4) is 0 Å². The molecule has 6 heteroatoms.